The van der Waals surface area contributed by atoms with Gasteiger partial charge in [-0.1, -0.05) is 17.9 Å². The average Bonchev–Trinajstić information content (AvgIpc) is 2.24. The highest BCUT2D eigenvalue weighted by Crippen LogP contribution is 2.11. The molecular formula is C11H9NO3. The Kier molecular flexibility index (Phi) is 3.92. The van der Waals surface area contributed by atoms with Gasteiger partial charge in [0, 0.05) is 5.56 Å². The molecule has 76 valence electrons. The highest BCUT2D eigenvalue weighted by Gasteiger charge is 1.90. The van der Waals surface area contributed by atoms with Gasteiger partial charge in [0.1, 0.15) is 5.75 Å². The first kappa shape index (κ1) is 10.8. The summed E-state index contributed by atoms with van der Waals surface area (Å²) in [6.07, 6.45) is 1.99. The van der Waals surface area contributed by atoms with E-state index >= 15 is 0 Å². The van der Waals surface area contributed by atoms with Crippen LogP contribution < -0.4 is 4.74 Å². The van der Waals surface area contributed by atoms with E-state index in [2.05, 4.69) is 11.8 Å². The topological polar surface area (TPSA) is 52.4 Å². The molecule has 0 aliphatic rings. The standard InChI is InChI=1S/C11H9NO3/c1-15-11-7-4-6-10(9-11)5-2-3-8-12(13)14/h3-4,6-9H,1H3/b8-3+. The molecule has 0 fully saturated rings. The van der Waals surface area contributed by atoms with E-state index in [0.717, 1.165) is 11.8 Å². The lowest BCUT2D eigenvalue weighted by Gasteiger charge is -1.97. The van der Waals surface area contributed by atoms with Crippen LogP contribution in [0.3, 0.4) is 0 Å². The van der Waals surface area contributed by atoms with Crippen molar-refractivity contribution in [2.75, 3.05) is 7.11 Å². The van der Waals surface area contributed by atoms with Crippen molar-refractivity contribution < 1.29 is 9.66 Å². The van der Waals surface area contributed by atoms with Gasteiger partial charge in [0.05, 0.1) is 18.1 Å². The summed E-state index contributed by atoms with van der Waals surface area (Å²) in [5.74, 6) is 6.02. The Morgan fingerprint density at radius 3 is 3.00 bits per heavy atom. The summed E-state index contributed by atoms with van der Waals surface area (Å²) in [5.41, 5.74) is 0.752. The molecule has 0 aliphatic heterocycles. The summed E-state index contributed by atoms with van der Waals surface area (Å²) in [6, 6.07) is 7.17. The Morgan fingerprint density at radius 1 is 1.53 bits per heavy atom. The van der Waals surface area contributed by atoms with Gasteiger partial charge >= 0.3 is 0 Å². The van der Waals surface area contributed by atoms with E-state index in [1.165, 1.54) is 6.08 Å². The van der Waals surface area contributed by atoms with E-state index in [9.17, 15) is 10.1 Å². The van der Waals surface area contributed by atoms with Crippen LogP contribution in [0.15, 0.2) is 36.5 Å². The zero-order valence-electron chi connectivity index (χ0n) is 8.14. The third kappa shape index (κ3) is 3.96. The van der Waals surface area contributed by atoms with E-state index in [4.69, 9.17) is 4.74 Å². The maximum Gasteiger partial charge on any atom is 0.242 e. The number of allylic oxidation sites excluding steroid dienone is 1. The predicted molar refractivity (Wildman–Crippen MR) is 56.0 cm³/mol. The van der Waals surface area contributed by atoms with Crippen molar-refractivity contribution in [3.8, 4) is 17.6 Å². The van der Waals surface area contributed by atoms with Crippen LogP contribution in [0.4, 0.5) is 0 Å². The molecule has 0 saturated heterocycles. The van der Waals surface area contributed by atoms with Gasteiger partial charge < -0.3 is 4.74 Å². The van der Waals surface area contributed by atoms with Crippen molar-refractivity contribution in [3.05, 3.63) is 52.2 Å². The van der Waals surface area contributed by atoms with Crippen molar-refractivity contribution in [1.29, 1.82) is 0 Å². The van der Waals surface area contributed by atoms with Gasteiger partial charge in [-0.05, 0) is 18.2 Å². The fourth-order valence-electron chi connectivity index (χ4n) is 0.924. The number of hydrogen-bond acceptors (Lipinski definition) is 3. The molecule has 0 bridgehead atoms. The number of nitro groups is 1. The lowest BCUT2D eigenvalue weighted by Crippen LogP contribution is -1.83. The van der Waals surface area contributed by atoms with Crippen molar-refractivity contribution >= 4 is 0 Å². The fraction of sp³-hybridized carbons (Fsp3) is 0.0909. The molecular weight excluding hydrogens is 194 g/mol. The van der Waals surface area contributed by atoms with Crippen LogP contribution in [-0.2, 0) is 0 Å². The smallest absolute Gasteiger partial charge is 0.242 e. The van der Waals surface area contributed by atoms with E-state index < -0.39 is 4.92 Å². The Hall–Kier alpha value is -2.28. The molecule has 1 aromatic carbocycles. The van der Waals surface area contributed by atoms with Crippen molar-refractivity contribution in [2.24, 2.45) is 0 Å². The molecule has 0 heterocycles. The molecule has 0 amide bonds. The SMILES string of the molecule is COc1cccc(C#C/C=C/[N+](=O)[O-])c1. The molecule has 0 aromatic heterocycles. The Morgan fingerprint density at radius 2 is 2.33 bits per heavy atom. The van der Waals surface area contributed by atoms with E-state index in [1.54, 1.807) is 31.4 Å². The second kappa shape index (κ2) is 5.45. The average molecular weight is 203 g/mol. The van der Waals surface area contributed by atoms with Crippen molar-refractivity contribution in [3.63, 3.8) is 0 Å². The maximum absolute atomic E-state index is 9.94. The predicted octanol–water partition coefficient (Wildman–Crippen LogP) is 1.84. The van der Waals surface area contributed by atoms with E-state index in [-0.39, 0.29) is 0 Å². The van der Waals surface area contributed by atoms with Gasteiger partial charge in [-0.25, -0.2) is 0 Å². The first-order chi connectivity index (χ1) is 7.22. The summed E-state index contributed by atoms with van der Waals surface area (Å²) in [4.78, 5) is 9.39. The Bertz CT molecular complexity index is 441. The molecule has 0 spiro atoms. The highest BCUT2D eigenvalue weighted by molar-refractivity contribution is 5.41. The molecule has 0 N–H and O–H groups in total. The number of methoxy groups -OCH3 is 1. The van der Waals surface area contributed by atoms with Gasteiger partial charge in [0.2, 0.25) is 6.20 Å². The van der Waals surface area contributed by atoms with Crippen molar-refractivity contribution in [1.82, 2.24) is 0 Å². The van der Waals surface area contributed by atoms with Gasteiger partial charge in [0.15, 0.2) is 0 Å². The molecule has 4 nitrogen and oxygen atoms in total. The minimum atomic E-state index is -0.555. The van der Waals surface area contributed by atoms with Crippen LogP contribution in [0.1, 0.15) is 5.56 Å². The fourth-order valence-corrected chi connectivity index (χ4v) is 0.924. The molecule has 0 radical (unpaired) electrons. The minimum absolute atomic E-state index is 0.555. The summed E-state index contributed by atoms with van der Waals surface area (Å²) in [6.45, 7) is 0. The molecule has 0 saturated carbocycles. The summed E-state index contributed by atoms with van der Waals surface area (Å²) < 4.78 is 5.01. The number of hydrogen-bond donors (Lipinski definition) is 0. The second-order valence-corrected chi connectivity index (χ2v) is 2.60. The summed E-state index contributed by atoms with van der Waals surface area (Å²) in [7, 11) is 1.57. The lowest BCUT2D eigenvalue weighted by molar-refractivity contribution is -0.402. The lowest BCUT2D eigenvalue weighted by atomic mass is 10.2. The first-order valence-electron chi connectivity index (χ1n) is 4.18. The van der Waals surface area contributed by atoms with E-state index in [0.29, 0.717) is 5.75 Å². The molecule has 1 aromatic rings. The number of ether oxygens (including phenoxy) is 1. The normalized spacial score (nSPS) is 9.40. The number of rotatable bonds is 2. The van der Waals surface area contributed by atoms with Crippen LogP contribution in [0.2, 0.25) is 0 Å². The third-order valence-corrected chi connectivity index (χ3v) is 1.57. The molecule has 1 rings (SSSR count). The van der Waals surface area contributed by atoms with Crippen LogP contribution in [0.5, 0.6) is 5.75 Å². The molecule has 0 unspecified atom stereocenters. The van der Waals surface area contributed by atoms with Gasteiger partial charge in [-0.15, -0.1) is 0 Å². The third-order valence-electron chi connectivity index (χ3n) is 1.57. The minimum Gasteiger partial charge on any atom is -0.497 e. The van der Waals surface area contributed by atoms with Crippen LogP contribution in [0.25, 0.3) is 0 Å². The van der Waals surface area contributed by atoms with Crippen molar-refractivity contribution in [2.45, 2.75) is 0 Å². The summed E-state index contributed by atoms with van der Waals surface area (Å²) in [5, 5.41) is 9.94. The quantitative estimate of drug-likeness (QED) is 0.418. The van der Waals surface area contributed by atoms with Gasteiger partial charge in [-0.2, -0.15) is 0 Å². The Labute approximate surface area is 87.3 Å². The summed E-state index contributed by atoms with van der Waals surface area (Å²) >= 11 is 0. The number of benzene rings is 1. The maximum atomic E-state index is 9.94. The van der Waals surface area contributed by atoms with Crippen LogP contribution >= 0.6 is 0 Å². The zero-order chi connectivity index (χ0) is 11.1. The van der Waals surface area contributed by atoms with E-state index in [1.807, 2.05) is 0 Å². The monoisotopic (exact) mass is 203 g/mol. The number of nitrogens with zero attached hydrogens (tertiary/aromatic N) is 1. The highest BCUT2D eigenvalue weighted by atomic mass is 16.6. The molecule has 4 heteroatoms. The van der Waals surface area contributed by atoms with Gasteiger partial charge in [0.25, 0.3) is 0 Å². The van der Waals surface area contributed by atoms with Crippen LogP contribution in [-0.4, -0.2) is 12.0 Å². The first-order valence-corrected chi connectivity index (χ1v) is 4.18. The Balaban J connectivity index is 2.75. The molecule has 15 heavy (non-hydrogen) atoms. The van der Waals surface area contributed by atoms with Gasteiger partial charge in [-0.3, -0.25) is 10.1 Å². The second-order valence-electron chi connectivity index (χ2n) is 2.60. The van der Waals surface area contributed by atoms with Crippen LogP contribution in [0, 0.1) is 22.0 Å². The zero-order valence-corrected chi connectivity index (χ0v) is 8.14. The molecule has 0 aliphatic carbocycles. The molecule has 0 atom stereocenters. The largest absolute Gasteiger partial charge is 0.497 e.